The molecule has 1 heterocycles. The van der Waals surface area contributed by atoms with Crippen molar-refractivity contribution < 1.29 is 27.6 Å². The van der Waals surface area contributed by atoms with Crippen LogP contribution >= 0.6 is 0 Å². The van der Waals surface area contributed by atoms with E-state index >= 15 is 0 Å². The lowest BCUT2D eigenvalue weighted by Crippen LogP contribution is -2.40. The van der Waals surface area contributed by atoms with E-state index in [1.54, 1.807) is 12.1 Å². The third-order valence-corrected chi connectivity index (χ3v) is 4.30. The molecule has 0 bridgehead atoms. The Kier molecular flexibility index (Phi) is 4.73. The van der Waals surface area contributed by atoms with Crippen LogP contribution in [0.3, 0.4) is 0 Å². The molecule has 0 aromatic heterocycles. The predicted octanol–water partition coefficient (Wildman–Crippen LogP) is 2.96. The molecule has 0 atom stereocenters. The van der Waals surface area contributed by atoms with Crippen LogP contribution in [-0.4, -0.2) is 41.1 Å². The van der Waals surface area contributed by atoms with Crippen molar-refractivity contribution in [3.63, 3.8) is 0 Å². The SMILES string of the molecule is CN(Cc1ccc(C(F)(F)F)cc1)C(=O)CN1C(=O)c2ccccc2C1=O. The molecule has 0 spiro atoms. The van der Waals surface area contributed by atoms with Gasteiger partial charge in [-0.05, 0) is 29.8 Å². The highest BCUT2D eigenvalue weighted by Gasteiger charge is 2.36. The summed E-state index contributed by atoms with van der Waals surface area (Å²) in [5.41, 5.74) is 0.230. The van der Waals surface area contributed by atoms with Crippen LogP contribution in [0.15, 0.2) is 48.5 Å². The molecule has 0 saturated carbocycles. The molecule has 27 heavy (non-hydrogen) atoms. The number of alkyl halides is 3. The highest BCUT2D eigenvalue weighted by atomic mass is 19.4. The van der Waals surface area contributed by atoms with Crippen molar-refractivity contribution in [3.8, 4) is 0 Å². The van der Waals surface area contributed by atoms with Crippen molar-refractivity contribution in [2.75, 3.05) is 13.6 Å². The normalized spacial score (nSPS) is 13.7. The Morgan fingerprint density at radius 1 is 0.963 bits per heavy atom. The Morgan fingerprint density at radius 3 is 1.96 bits per heavy atom. The van der Waals surface area contributed by atoms with Gasteiger partial charge in [0, 0.05) is 13.6 Å². The van der Waals surface area contributed by atoms with Gasteiger partial charge < -0.3 is 4.90 Å². The summed E-state index contributed by atoms with van der Waals surface area (Å²) in [6, 6.07) is 10.8. The molecule has 3 rings (SSSR count). The molecule has 3 amide bonds. The van der Waals surface area contributed by atoms with Gasteiger partial charge in [0.15, 0.2) is 0 Å². The molecule has 140 valence electrons. The first-order chi connectivity index (χ1) is 12.7. The van der Waals surface area contributed by atoms with E-state index in [-0.39, 0.29) is 17.7 Å². The molecule has 0 unspecified atom stereocenters. The summed E-state index contributed by atoms with van der Waals surface area (Å²) in [5.74, 6) is -1.57. The molecule has 1 aliphatic rings. The lowest BCUT2D eigenvalue weighted by atomic mass is 10.1. The number of benzene rings is 2. The van der Waals surface area contributed by atoms with Gasteiger partial charge in [0.2, 0.25) is 5.91 Å². The minimum absolute atomic E-state index is 0.0557. The predicted molar refractivity (Wildman–Crippen MR) is 89.7 cm³/mol. The van der Waals surface area contributed by atoms with Crippen LogP contribution in [0.4, 0.5) is 13.2 Å². The zero-order valence-corrected chi connectivity index (χ0v) is 14.3. The minimum Gasteiger partial charge on any atom is -0.340 e. The fraction of sp³-hybridized carbons (Fsp3) is 0.211. The Balaban J connectivity index is 1.65. The number of hydrogen-bond acceptors (Lipinski definition) is 3. The van der Waals surface area contributed by atoms with Gasteiger partial charge in [-0.15, -0.1) is 0 Å². The van der Waals surface area contributed by atoms with Gasteiger partial charge in [-0.1, -0.05) is 24.3 Å². The van der Waals surface area contributed by atoms with E-state index in [9.17, 15) is 27.6 Å². The number of hydrogen-bond donors (Lipinski definition) is 0. The second kappa shape index (κ2) is 6.86. The van der Waals surface area contributed by atoms with Gasteiger partial charge in [-0.3, -0.25) is 19.3 Å². The highest BCUT2D eigenvalue weighted by Crippen LogP contribution is 2.29. The van der Waals surface area contributed by atoms with Crippen LogP contribution in [0.2, 0.25) is 0 Å². The summed E-state index contributed by atoms with van der Waals surface area (Å²) in [6.07, 6.45) is -4.42. The average Bonchev–Trinajstić information content (AvgIpc) is 2.86. The molecule has 2 aromatic carbocycles. The lowest BCUT2D eigenvalue weighted by molar-refractivity contribution is -0.137. The molecule has 0 saturated heterocycles. The number of rotatable bonds is 4. The number of imide groups is 1. The smallest absolute Gasteiger partial charge is 0.340 e. The molecular formula is C19H15F3N2O3. The van der Waals surface area contributed by atoms with Crippen LogP contribution < -0.4 is 0 Å². The average molecular weight is 376 g/mol. The van der Waals surface area contributed by atoms with Gasteiger partial charge >= 0.3 is 6.18 Å². The van der Waals surface area contributed by atoms with Crippen LogP contribution in [0.5, 0.6) is 0 Å². The fourth-order valence-electron chi connectivity index (χ4n) is 2.80. The summed E-state index contributed by atoms with van der Waals surface area (Å²) in [6.45, 7) is -0.371. The Bertz CT molecular complexity index is 872. The Hall–Kier alpha value is -3.16. The van der Waals surface area contributed by atoms with E-state index in [1.807, 2.05) is 0 Å². The van der Waals surface area contributed by atoms with Crippen molar-refractivity contribution in [1.29, 1.82) is 0 Å². The minimum atomic E-state index is -4.42. The first-order valence-corrected chi connectivity index (χ1v) is 8.04. The molecule has 0 aliphatic carbocycles. The zero-order chi connectivity index (χ0) is 19.8. The van der Waals surface area contributed by atoms with Crippen LogP contribution in [0.1, 0.15) is 31.8 Å². The van der Waals surface area contributed by atoms with E-state index in [2.05, 4.69) is 0 Å². The number of carbonyl (C=O) groups is 3. The van der Waals surface area contributed by atoms with E-state index < -0.39 is 36.0 Å². The van der Waals surface area contributed by atoms with E-state index in [4.69, 9.17) is 0 Å². The molecule has 0 N–H and O–H groups in total. The second-order valence-corrected chi connectivity index (χ2v) is 6.19. The van der Waals surface area contributed by atoms with Crippen molar-refractivity contribution in [3.05, 3.63) is 70.8 Å². The fourth-order valence-corrected chi connectivity index (χ4v) is 2.80. The number of halogens is 3. The molecule has 1 aliphatic heterocycles. The number of carbonyl (C=O) groups excluding carboxylic acids is 3. The number of amides is 3. The largest absolute Gasteiger partial charge is 0.416 e. The monoisotopic (exact) mass is 376 g/mol. The van der Waals surface area contributed by atoms with E-state index in [0.29, 0.717) is 5.56 Å². The Labute approximate surface area is 153 Å². The maximum absolute atomic E-state index is 12.6. The van der Waals surface area contributed by atoms with E-state index in [0.717, 1.165) is 17.0 Å². The van der Waals surface area contributed by atoms with Gasteiger partial charge in [-0.25, -0.2) is 0 Å². The second-order valence-electron chi connectivity index (χ2n) is 6.19. The maximum Gasteiger partial charge on any atom is 0.416 e. The molecule has 0 radical (unpaired) electrons. The topological polar surface area (TPSA) is 57.7 Å². The molecule has 8 heteroatoms. The zero-order valence-electron chi connectivity index (χ0n) is 14.3. The Morgan fingerprint density at radius 2 is 1.48 bits per heavy atom. The van der Waals surface area contributed by atoms with Crippen LogP contribution in [0, 0.1) is 0 Å². The summed E-state index contributed by atoms with van der Waals surface area (Å²) in [5, 5.41) is 0. The molecule has 5 nitrogen and oxygen atoms in total. The number of nitrogens with zero attached hydrogens (tertiary/aromatic N) is 2. The first kappa shape index (κ1) is 18.6. The summed E-state index contributed by atoms with van der Waals surface area (Å²) in [4.78, 5) is 39.1. The molecular weight excluding hydrogens is 361 g/mol. The maximum atomic E-state index is 12.6. The first-order valence-electron chi connectivity index (χ1n) is 8.04. The van der Waals surface area contributed by atoms with Crippen molar-refractivity contribution >= 4 is 17.7 Å². The summed E-state index contributed by atoms with van der Waals surface area (Å²) >= 11 is 0. The summed E-state index contributed by atoms with van der Waals surface area (Å²) in [7, 11) is 1.46. The van der Waals surface area contributed by atoms with E-state index in [1.165, 1.54) is 36.2 Å². The molecule has 2 aromatic rings. The number of likely N-dealkylation sites (N-methyl/N-ethyl adjacent to an activating group) is 1. The van der Waals surface area contributed by atoms with Crippen molar-refractivity contribution in [1.82, 2.24) is 9.80 Å². The van der Waals surface area contributed by atoms with Gasteiger partial charge in [0.1, 0.15) is 6.54 Å². The number of fused-ring (bicyclic) bond motifs is 1. The van der Waals surface area contributed by atoms with Gasteiger partial charge in [0.25, 0.3) is 11.8 Å². The van der Waals surface area contributed by atoms with Crippen molar-refractivity contribution in [2.24, 2.45) is 0 Å². The summed E-state index contributed by atoms with van der Waals surface area (Å²) < 4.78 is 37.8. The van der Waals surface area contributed by atoms with Gasteiger partial charge in [-0.2, -0.15) is 13.2 Å². The third kappa shape index (κ3) is 3.69. The standard InChI is InChI=1S/C19H15F3N2O3/c1-23(10-12-6-8-13(9-7-12)19(20,21)22)16(25)11-24-17(26)14-4-2-3-5-15(14)18(24)27/h2-9H,10-11H2,1H3. The van der Waals surface area contributed by atoms with Crippen LogP contribution in [0.25, 0.3) is 0 Å². The molecule has 0 fully saturated rings. The van der Waals surface area contributed by atoms with Gasteiger partial charge in [0.05, 0.1) is 16.7 Å². The van der Waals surface area contributed by atoms with Crippen LogP contribution in [-0.2, 0) is 17.5 Å². The quantitative estimate of drug-likeness (QED) is 0.771. The highest BCUT2D eigenvalue weighted by molar-refractivity contribution is 6.22. The lowest BCUT2D eigenvalue weighted by Gasteiger charge is -2.21. The third-order valence-electron chi connectivity index (χ3n) is 4.30. The van der Waals surface area contributed by atoms with Crippen molar-refractivity contribution in [2.45, 2.75) is 12.7 Å².